The van der Waals surface area contributed by atoms with Gasteiger partial charge in [-0.1, -0.05) is 328 Å². The van der Waals surface area contributed by atoms with Gasteiger partial charge in [0.1, 0.15) is 0 Å². The van der Waals surface area contributed by atoms with Gasteiger partial charge >= 0.3 is 22.7 Å². The molecule has 6 nitrogen and oxygen atoms in total. The van der Waals surface area contributed by atoms with E-state index in [9.17, 15) is 31.6 Å². The van der Waals surface area contributed by atoms with Gasteiger partial charge in [-0.25, -0.2) is 0 Å². The third-order valence-electron chi connectivity index (χ3n) is 21.0. The highest BCUT2D eigenvalue weighted by molar-refractivity contribution is 7.88. The van der Waals surface area contributed by atoms with Gasteiger partial charge in [-0.15, -0.1) is 0 Å². The van der Waals surface area contributed by atoms with Gasteiger partial charge in [-0.3, -0.25) is 4.70 Å². The molecule has 0 atom stereocenters. The van der Waals surface area contributed by atoms with Crippen LogP contribution in [0, 0.1) is 0 Å². The Kier molecular flexibility index (Phi) is 16.7. The highest BCUT2D eigenvalue weighted by Gasteiger charge is 2.53. The molecule has 104 heavy (non-hydrogen) atoms. The van der Waals surface area contributed by atoms with Gasteiger partial charge in [0.2, 0.25) is 0 Å². The summed E-state index contributed by atoms with van der Waals surface area (Å²) < 4.78 is 69.7. The van der Waals surface area contributed by atoms with Crippen LogP contribution in [0.1, 0.15) is 44.5 Å². The van der Waals surface area contributed by atoms with Crippen LogP contribution in [0.2, 0.25) is 0 Å². The third kappa shape index (κ3) is 10.2. The molecule has 2 aliphatic rings. The Hall–Kier alpha value is -12.0. The van der Waals surface area contributed by atoms with Crippen molar-refractivity contribution in [2.75, 3.05) is 7.11 Å². The van der Waals surface area contributed by atoms with E-state index in [-0.39, 0.29) is 10.5 Å². The topological polar surface area (TPSA) is 104 Å². The first kappa shape index (κ1) is 66.5. The molecular formula is C92H63BF4O6S. The number of alkyl halides is 3. The van der Waals surface area contributed by atoms with E-state index < -0.39 is 33.6 Å². The van der Waals surface area contributed by atoms with Crippen LogP contribution in [-0.2, 0) is 20.9 Å². The summed E-state index contributed by atoms with van der Waals surface area (Å²) in [6.45, 7) is 0. The molecule has 0 radical (unpaired) electrons. The Labute approximate surface area is 597 Å². The Morgan fingerprint density at radius 3 is 1.13 bits per heavy atom. The monoisotopic (exact) mass is 1380 g/mol. The lowest BCUT2D eigenvalue weighted by Gasteiger charge is -2.35. The SMILES string of the molecule is CO.F.O=S(=O)(Oc1cc2ccccc2c2c1-c1ccccc1C2(c1ccccc1)c1ccccc1)C(F)(F)F.OB(O)c1ccc2ccc3cccc4ccc1c2c34.c1ccc(C2(c3ccccc3)c3ccccc3-c3c(-c4ccc5ccc6cccc7ccc4c5c67)cc4ccccc4c32)cc1. The molecule has 0 fully saturated rings. The number of benzene rings is 18. The van der Waals surface area contributed by atoms with E-state index in [1.165, 1.54) is 110 Å². The average Bonchev–Trinajstić information content (AvgIpc) is 1.59. The van der Waals surface area contributed by atoms with E-state index in [4.69, 9.17) is 9.29 Å². The number of rotatable bonds is 8. The summed E-state index contributed by atoms with van der Waals surface area (Å²) >= 11 is 0. The number of hydrogen-bond donors (Lipinski definition) is 3. The van der Waals surface area contributed by atoms with E-state index in [0.29, 0.717) is 27.5 Å². The average molecular weight is 1380 g/mol. The molecule has 20 rings (SSSR count). The molecule has 0 spiro atoms. The molecule has 0 amide bonds. The Bertz CT molecular complexity index is 6300. The zero-order valence-electron chi connectivity index (χ0n) is 55.9. The van der Waals surface area contributed by atoms with E-state index in [1.54, 1.807) is 30.3 Å². The minimum absolute atomic E-state index is 0. The molecule has 0 heterocycles. The molecule has 0 aliphatic heterocycles. The van der Waals surface area contributed by atoms with Crippen LogP contribution < -0.4 is 9.65 Å². The van der Waals surface area contributed by atoms with Crippen LogP contribution in [0.4, 0.5) is 17.9 Å². The summed E-state index contributed by atoms with van der Waals surface area (Å²) in [6, 6.07) is 117. The lowest BCUT2D eigenvalue weighted by Crippen LogP contribution is -2.30. The fourth-order valence-electron chi connectivity index (χ4n) is 17.0. The lowest BCUT2D eigenvalue weighted by atomic mass is 9.66. The van der Waals surface area contributed by atoms with Crippen molar-refractivity contribution in [1.29, 1.82) is 0 Å². The largest absolute Gasteiger partial charge is 0.534 e. The molecule has 2 aliphatic carbocycles. The first-order valence-corrected chi connectivity index (χ1v) is 35.4. The fraction of sp³-hybridized carbons (Fsp3) is 0.0435. The summed E-state index contributed by atoms with van der Waals surface area (Å²) in [5.74, 6) is -0.354. The summed E-state index contributed by atoms with van der Waals surface area (Å²) in [4.78, 5) is 0. The maximum atomic E-state index is 13.4. The van der Waals surface area contributed by atoms with Crippen molar-refractivity contribution in [1.82, 2.24) is 0 Å². The van der Waals surface area contributed by atoms with Crippen molar-refractivity contribution in [2.45, 2.75) is 16.3 Å². The smallest absolute Gasteiger partial charge is 0.423 e. The third-order valence-corrected chi connectivity index (χ3v) is 21.9. The Morgan fingerprint density at radius 1 is 0.327 bits per heavy atom. The molecule has 18 aromatic carbocycles. The maximum absolute atomic E-state index is 13.4. The molecule has 12 heteroatoms. The molecule has 0 saturated carbocycles. The second kappa shape index (κ2) is 26.1. The first-order chi connectivity index (χ1) is 50.3. The summed E-state index contributed by atoms with van der Waals surface area (Å²) in [6.07, 6.45) is 0. The zero-order valence-corrected chi connectivity index (χ0v) is 56.7. The van der Waals surface area contributed by atoms with Gasteiger partial charge in [0, 0.05) is 12.7 Å². The van der Waals surface area contributed by atoms with Crippen LogP contribution in [0.3, 0.4) is 0 Å². The number of fused-ring (bicyclic) bond motifs is 10. The van der Waals surface area contributed by atoms with Crippen LogP contribution >= 0.6 is 0 Å². The van der Waals surface area contributed by atoms with Crippen LogP contribution in [0.5, 0.6) is 5.75 Å². The second-order valence-electron chi connectivity index (χ2n) is 26.1. The minimum Gasteiger partial charge on any atom is -0.423 e. The number of hydrogen-bond acceptors (Lipinski definition) is 6. The highest BCUT2D eigenvalue weighted by atomic mass is 32.2. The van der Waals surface area contributed by atoms with Gasteiger partial charge in [-0.05, 0) is 176 Å². The highest BCUT2D eigenvalue weighted by Crippen LogP contribution is 2.63. The maximum Gasteiger partial charge on any atom is 0.534 e. The normalized spacial score (nSPS) is 13.1. The minimum atomic E-state index is -5.91. The van der Waals surface area contributed by atoms with E-state index in [2.05, 4.69) is 194 Å². The predicted octanol–water partition coefficient (Wildman–Crippen LogP) is 21.2. The standard InChI is InChI=1S/C45H28.C30H19F3O3S.C16H11BO2.CH4O.FH/c1-3-15-33(16-4-1)45(34-17-5-2-6-18-34)40-21-10-9-20-38(40)43-39(28-32-12-7-8-19-35(32)44(43)45)36-26-24-31-23-22-29-13-11-14-30-25-27-37(36)42(31)41(29)30;31-30(32,33)37(34,35)36-26-19-20-11-7-8-16-23(20)28-27(26)24-17-9-10-18-25(24)29(28,21-12-3-1-4-13-21)22-14-5-2-6-15-22;18-17(19)14-9-7-12-5-4-10-2-1-3-11-6-8-13(14)16(12)15(10)11;1-2;/h1-28H;1-19H;1-9,18-19H;2H,1H3;1H. The van der Waals surface area contributed by atoms with Gasteiger partial charge in [0.25, 0.3) is 0 Å². The van der Waals surface area contributed by atoms with Crippen molar-refractivity contribution in [2.24, 2.45) is 0 Å². The Morgan fingerprint density at radius 2 is 0.673 bits per heavy atom. The molecule has 0 aromatic heterocycles. The van der Waals surface area contributed by atoms with Crippen LogP contribution in [0.25, 0.3) is 120 Å². The molecule has 0 saturated heterocycles. The second-order valence-corrected chi connectivity index (χ2v) is 27.7. The van der Waals surface area contributed by atoms with Gasteiger partial charge in [-0.2, -0.15) is 21.6 Å². The van der Waals surface area contributed by atoms with Crippen LogP contribution in [-0.4, -0.2) is 43.3 Å². The zero-order chi connectivity index (χ0) is 70.4. The summed E-state index contributed by atoms with van der Waals surface area (Å²) in [5.41, 5.74) is 8.36. The molecule has 3 N–H and O–H groups in total. The summed E-state index contributed by atoms with van der Waals surface area (Å²) in [7, 11) is -6.35. The van der Waals surface area contributed by atoms with E-state index >= 15 is 0 Å². The molecule has 504 valence electrons. The molecule has 0 unspecified atom stereocenters. The van der Waals surface area contributed by atoms with Crippen molar-refractivity contribution in [3.63, 3.8) is 0 Å². The fourth-order valence-corrected chi connectivity index (χ4v) is 17.5. The quantitative estimate of drug-likeness (QED) is 0.0460. The van der Waals surface area contributed by atoms with Gasteiger partial charge < -0.3 is 19.3 Å². The number of aliphatic hydroxyl groups excluding tert-OH is 1. The van der Waals surface area contributed by atoms with Crippen molar-refractivity contribution in [3.8, 4) is 39.1 Å². The first-order valence-electron chi connectivity index (χ1n) is 34.0. The number of halogens is 4. The lowest BCUT2D eigenvalue weighted by molar-refractivity contribution is -0.0499. The van der Waals surface area contributed by atoms with Crippen LogP contribution in [0.15, 0.2) is 340 Å². The number of aliphatic hydroxyl groups is 1. The van der Waals surface area contributed by atoms with E-state index in [0.717, 1.165) is 45.3 Å². The molecule has 18 aromatic rings. The van der Waals surface area contributed by atoms with Crippen molar-refractivity contribution < 1.29 is 45.6 Å². The van der Waals surface area contributed by atoms with Gasteiger partial charge in [0.05, 0.1) is 10.8 Å². The van der Waals surface area contributed by atoms with Crippen molar-refractivity contribution >= 4 is 109 Å². The molecular weight excluding hydrogens is 1320 g/mol. The Balaban J connectivity index is 0.000000127. The van der Waals surface area contributed by atoms with Gasteiger partial charge in [0.15, 0.2) is 5.75 Å². The molecule has 0 bridgehead atoms. The van der Waals surface area contributed by atoms with Crippen molar-refractivity contribution in [3.05, 3.63) is 384 Å². The van der Waals surface area contributed by atoms with E-state index in [1.807, 2.05) is 109 Å². The predicted molar refractivity (Wildman–Crippen MR) is 418 cm³/mol. The summed E-state index contributed by atoms with van der Waals surface area (Å²) in [5, 5.41) is 44.6.